The molecule has 0 radical (unpaired) electrons. The van der Waals surface area contributed by atoms with E-state index in [4.69, 9.17) is 4.74 Å². The van der Waals surface area contributed by atoms with Gasteiger partial charge < -0.3 is 9.30 Å². The maximum absolute atomic E-state index is 12.8. The maximum atomic E-state index is 12.8. The van der Waals surface area contributed by atoms with Gasteiger partial charge in [-0.25, -0.2) is 13.4 Å². The number of aromatic nitrogens is 2. The second-order valence-electron chi connectivity index (χ2n) is 6.31. The van der Waals surface area contributed by atoms with E-state index in [1.807, 2.05) is 44.2 Å². The highest BCUT2D eigenvalue weighted by Gasteiger charge is 2.32. The molecule has 3 rings (SSSR count). The molecule has 6 nitrogen and oxygen atoms in total. The number of nitrogens with one attached hydrogen (secondary N) is 1. The molecule has 130 valence electrons. The second kappa shape index (κ2) is 7.04. The minimum atomic E-state index is -3.72. The largest absolute Gasteiger partial charge is 0.376 e. The molecule has 0 spiro atoms. The molecule has 1 aliphatic rings. The second-order valence-corrected chi connectivity index (χ2v) is 7.97. The Balaban J connectivity index is 1.88. The van der Waals surface area contributed by atoms with E-state index in [0.717, 1.165) is 18.4 Å². The van der Waals surface area contributed by atoms with Gasteiger partial charge in [-0.1, -0.05) is 30.3 Å². The standard InChI is InChI=1S/C17H23N3O3S/c1-13(2)20-11-16(18-12-20)24(21,22)19-17(15-9-6-10-23-15)14-7-4-3-5-8-14/h3-5,7-8,11-13,15,17,19H,6,9-10H2,1-2H3/t15-,17+/m0/s1. The average molecular weight is 349 g/mol. The zero-order chi connectivity index (χ0) is 17.2. The smallest absolute Gasteiger partial charge is 0.260 e. The fourth-order valence-corrected chi connectivity index (χ4v) is 4.04. The Bertz CT molecular complexity index is 765. The molecule has 7 heteroatoms. The number of nitrogens with zero attached hydrogens (tertiary/aromatic N) is 2. The van der Waals surface area contributed by atoms with E-state index in [1.165, 1.54) is 0 Å². The van der Waals surface area contributed by atoms with Gasteiger partial charge >= 0.3 is 0 Å². The van der Waals surface area contributed by atoms with Gasteiger partial charge in [0.05, 0.1) is 18.5 Å². The fraction of sp³-hybridized carbons (Fsp3) is 0.471. The Labute approximate surface area is 142 Å². The van der Waals surface area contributed by atoms with Gasteiger partial charge in [0.15, 0.2) is 5.03 Å². The third kappa shape index (κ3) is 3.68. The molecule has 0 amide bonds. The zero-order valence-electron chi connectivity index (χ0n) is 13.9. The van der Waals surface area contributed by atoms with Crippen molar-refractivity contribution in [1.29, 1.82) is 0 Å². The van der Waals surface area contributed by atoms with Crippen molar-refractivity contribution < 1.29 is 13.2 Å². The summed E-state index contributed by atoms with van der Waals surface area (Å²) in [5, 5.41) is 0.0372. The summed E-state index contributed by atoms with van der Waals surface area (Å²) >= 11 is 0. The van der Waals surface area contributed by atoms with Crippen LogP contribution in [0.5, 0.6) is 0 Å². The Morgan fingerprint density at radius 3 is 2.62 bits per heavy atom. The number of ether oxygens (including phenoxy) is 1. The van der Waals surface area contributed by atoms with E-state index in [2.05, 4.69) is 9.71 Å². The van der Waals surface area contributed by atoms with Crippen LogP contribution >= 0.6 is 0 Å². The molecule has 2 aromatic rings. The number of benzene rings is 1. The normalized spacial score (nSPS) is 19.7. The number of sulfonamides is 1. The van der Waals surface area contributed by atoms with Gasteiger partial charge in [0.25, 0.3) is 10.0 Å². The molecule has 1 aromatic carbocycles. The van der Waals surface area contributed by atoms with Gasteiger partial charge in [-0.3, -0.25) is 0 Å². The summed E-state index contributed by atoms with van der Waals surface area (Å²) in [5.74, 6) is 0. The van der Waals surface area contributed by atoms with Crippen molar-refractivity contribution in [3.8, 4) is 0 Å². The van der Waals surface area contributed by atoms with E-state index in [9.17, 15) is 8.42 Å². The molecule has 0 bridgehead atoms. The van der Waals surface area contributed by atoms with Gasteiger partial charge in [0.1, 0.15) is 0 Å². The van der Waals surface area contributed by atoms with Crippen LogP contribution in [0, 0.1) is 0 Å². The number of imidazole rings is 1. The molecule has 2 atom stereocenters. The van der Waals surface area contributed by atoms with Crippen molar-refractivity contribution in [1.82, 2.24) is 14.3 Å². The molecule has 1 aromatic heterocycles. The van der Waals surface area contributed by atoms with Gasteiger partial charge in [-0.05, 0) is 32.3 Å². The molecular weight excluding hydrogens is 326 g/mol. The zero-order valence-corrected chi connectivity index (χ0v) is 14.7. The molecule has 1 fully saturated rings. The lowest BCUT2D eigenvalue weighted by molar-refractivity contribution is 0.0852. The molecule has 0 saturated carbocycles. The lowest BCUT2D eigenvalue weighted by atomic mass is 10.0. The van der Waals surface area contributed by atoms with Crippen molar-refractivity contribution in [3.05, 3.63) is 48.4 Å². The summed E-state index contributed by atoms with van der Waals surface area (Å²) in [7, 11) is -3.72. The highest BCUT2D eigenvalue weighted by atomic mass is 32.2. The molecule has 24 heavy (non-hydrogen) atoms. The Morgan fingerprint density at radius 1 is 1.29 bits per heavy atom. The minimum Gasteiger partial charge on any atom is -0.376 e. The van der Waals surface area contributed by atoms with E-state index in [-0.39, 0.29) is 17.2 Å². The Morgan fingerprint density at radius 2 is 2.04 bits per heavy atom. The maximum Gasteiger partial charge on any atom is 0.260 e. The van der Waals surface area contributed by atoms with Crippen LogP contribution in [0.15, 0.2) is 47.9 Å². The topological polar surface area (TPSA) is 73.2 Å². The first-order valence-electron chi connectivity index (χ1n) is 8.20. The lowest BCUT2D eigenvalue weighted by Crippen LogP contribution is -2.36. The summed E-state index contributed by atoms with van der Waals surface area (Å²) in [6.07, 6.45) is 4.72. The number of rotatable bonds is 6. The van der Waals surface area contributed by atoms with Crippen molar-refractivity contribution >= 4 is 10.0 Å². The molecule has 1 aliphatic heterocycles. The first-order chi connectivity index (χ1) is 11.5. The van der Waals surface area contributed by atoms with Crippen LogP contribution in [-0.4, -0.2) is 30.7 Å². The summed E-state index contributed by atoms with van der Waals surface area (Å²) in [6.45, 7) is 4.62. The van der Waals surface area contributed by atoms with Crippen molar-refractivity contribution in [3.63, 3.8) is 0 Å². The van der Waals surface area contributed by atoms with Crippen LogP contribution < -0.4 is 4.72 Å². The molecule has 2 heterocycles. The van der Waals surface area contributed by atoms with Gasteiger partial charge in [0, 0.05) is 18.8 Å². The van der Waals surface area contributed by atoms with Crippen LogP contribution in [0.25, 0.3) is 0 Å². The predicted octanol–water partition coefficient (Wildman–Crippen LogP) is 2.66. The van der Waals surface area contributed by atoms with Crippen molar-refractivity contribution in [2.75, 3.05) is 6.61 Å². The quantitative estimate of drug-likeness (QED) is 0.870. The fourth-order valence-electron chi connectivity index (χ4n) is 2.85. The summed E-state index contributed by atoms with van der Waals surface area (Å²) in [4.78, 5) is 4.05. The van der Waals surface area contributed by atoms with Gasteiger partial charge in [-0.2, -0.15) is 4.72 Å². The molecule has 0 unspecified atom stereocenters. The first kappa shape index (κ1) is 17.1. The van der Waals surface area contributed by atoms with E-state index < -0.39 is 16.1 Å². The summed E-state index contributed by atoms with van der Waals surface area (Å²) in [5.41, 5.74) is 0.899. The Hall–Kier alpha value is -1.70. The molecule has 0 aliphatic carbocycles. The molecule has 1 saturated heterocycles. The summed E-state index contributed by atoms with van der Waals surface area (Å²) < 4.78 is 35.8. The summed E-state index contributed by atoms with van der Waals surface area (Å²) in [6, 6.07) is 9.29. The van der Waals surface area contributed by atoms with Gasteiger partial charge in [0.2, 0.25) is 0 Å². The van der Waals surface area contributed by atoms with Crippen LogP contribution in [0.3, 0.4) is 0 Å². The third-order valence-electron chi connectivity index (χ3n) is 4.23. The highest BCUT2D eigenvalue weighted by molar-refractivity contribution is 7.89. The number of hydrogen-bond donors (Lipinski definition) is 1. The van der Waals surface area contributed by atoms with E-state index in [1.54, 1.807) is 17.1 Å². The van der Waals surface area contributed by atoms with Crippen molar-refractivity contribution in [2.45, 2.75) is 49.9 Å². The SMILES string of the molecule is CC(C)n1cnc(S(=O)(=O)N[C@H](c2ccccc2)[C@@H]2CCCO2)c1. The van der Waals surface area contributed by atoms with Crippen molar-refractivity contribution in [2.24, 2.45) is 0 Å². The molecular formula is C17H23N3O3S. The van der Waals surface area contributed by atoms with Gasteiger partial charge in [-0.15, -0.1) is 0 Å². The Kier molecular flexibility index (Phi) is 5.03. The minimum absolute atomic E-state index is 0.0372. The average Bonchev–Trinajstić information content (AvgIpc) is 3.25. The molecule has 1 N–H and O–H groups in total. The van der Waals surface area contributed by atoms with Crippen LogP contribution in [0.4, 0.5) is 0 Å². The predicted molar refractivity (Wildman–Crippen MR) is 91.1 cm³/mol. The third-order valence-corrected chi connectivity index (χ3v) is 5.55. The van der Waals surface area contributed by atoms with E-state index >= 15 is 0 Å². The monoisotopic (exact) mass is 349 g/mol. The highest BCUT2D eigenvalue weighted by Crippen LogP contribution is 2.28. The van der Waals surface area contributed by atoms with E-state index in [0.29, 0.717) is 6.61 Å². The lowest BCUT2D eigenvalue weighted by Gasteiger charge is -2.24. The first-order valence-corrected chi connectivity index (χ1v) is 9.68. The van der Waals surface area contributed by atoms with Crippen LogP contribution in [0.2, 0.25) is 0 Å². The van der Waals surface area contributed by atoms with Crippen LogP contribution in [-0.2, 0) is 14.8 Å². The van der Waals surface area contributed by atoms with Crippen LogP contribution in [0.1, 0.15) is 44.3 Å². The number of hydrogen-bond acceptors (Lipinski definition) is 4.